The van der Waals surface area contributed by atoms with Gasteiger partial charge in [-0.1, -0.05) is 11.6 Å². The summed E-state index contributed by atoms with van der Waals surface area (Å²) in [5.74, 6) is 1.01. The van der Waals surface area contributed by atoms with Crippen molar-refractivity contribution in [3.05, 3.63) is 70.3 Å². The SMILES string of the molecule is COc1ccc(NC(=O)CN2C(=O)S/C(=C/c3ccc(-c4cc(Cl)ccc4OC)o3)C2=O)cc1. The standard InChI is InChI=1S/C24H19ClN2O6S/c1-31-16-6-4-15(5-7-16)26-22(28)13-27-23(29)21(34-24(27)30)12-17-8-10-20(33-17)18-11-14(25)3-9-19(18)32-2/h3-12H,13H2,1-2H3,(H,26,28)/b21-12+. The quantitative estimate of drug-likeness (QED) is 0.442. The minimum atomic E-state index is -0.571. The van der Waals surface area contributed by atoms with Crippen molar-refractivity contribution in [2.75, 3.05) is 26.1 Å². The number of amides is 3. The highest BCUT2D eigenvalue weighted by Gasteiger charge is 2.36. The monoisotopic (exact) mass is 498 g/mol. The number of imide groups is 1. The molecule has 1 fully saturated rings. The molecule has 1 saturated heterocycles. The summed E-state index contributed by atoms with van der Waals surface area (Å²) in [5, 5.41) is 2.63. The molecule has 2 aromatic carbocycles. The van der Waals surface area contributed by atoms with E-state index in [1.807, 2.05) is 0 Å². The van der Waals surface area contributed by atoms with Gasteiger partial charge in [0, 0.05) is 16.8 Å². The number of anilines is 1. The summed E-state index contributed by atoms with van der Waals surface area (Å²) in [7, 11) is 3.08. The first-order valence-electron chi connectivity index (χ1n) is 10.0. The maximum Gasteiger partial charge on any atom is 0.294 e. The van der Waals surface area contributed by atoms with Crippen molar-refractivity contribution >= 4 is 52.2 Å². The van der Waals surface area contributed by atoms with Crippen LogP contribution in [0.15, 0.2) is 63.9 Å². The Bertz CT molecular complexity index is 1280. The number of methoxy groups -OCH3 is 2. The van der Waals surface area contributed by atoms with Gasteiger partial charge in [-0.3, -0.25) is 19.3 Å². The molecule has 0 radical (unpaired) electrons. The first-order chi connectivity index (χ1) is 16.4. The van der Waals surface area contributed by atoms with E-state index in [9.17, 15) is 14.4 Å². The van der Waals surface area contributed by atoms with Gasteiger partial charge in [-0.2, -0.15) is 0 Å². The van der Waals surface area contributed by atoms with Gasteiger partial charge in [0.25, 0.3) is 11.1 Å². The van der Waals surface area contributed by atoms with Gasteiger partial charge in [0.05, 0.1) is 24.7 Å². The van der Waals surface area contributed by atoms with Gasteiger partial charge in [-0.05, 0) is 66.4 Å². The van der Waals surface area contributed by atoms with E-state index in [1.54, 1.807) is 61.7 Å². The van der Waals surface area contributed by atoms with Crippen molar-refractivity contribution in [3.8, 4) is 22.8 Å². The highest BCUT2D eigenvalue weighted by atomic mass is 35.5. The van der Waals surface area contributed by atoms with Crippen molar-refractivity contribution in [2.45, 2.75) is 0 Å². The van der Waals surface area contributed by atoms with Crippen LogP contribution in [0.25, 0.3) is 17.4 Å². The summed E-state index contributed by atoms with van der Waals surface area (Å²) in [6.07, 6.45) is 1.47. The number of carbonyl (C=O) groups excluding carboxylic acids is 3. The molecule has 0 saturated carbocycles. The molecule has 3 aromatic rings. The third kappa shape index (κ3) is 5.11. The Labute approximate surface area is 204 Å². The molecular weight excluding hydrogens is 480 g/mol. The summed E-state index contributed by atoms with van der Waals surface area (Å²) in [5.41, 5.74) is 1.17. The number of furan rings is 1. The summed E-state index contributed by atoms with van der Waals surface area (Å²) in [6, 6.07) is 15.2. The largest absolute Gasteiger partial charge is 0.497 e. The lowest BCUT2D eigenvalue weighted by Gasteiger charge is -2.12. The smallest absolute Gasteiger partial charge is 0.294 e. The van der Waals surface area contributed by atoms with Crippen molar-refractivity contribution in [1.29, 1.82) is 0 Å². The average Bonchev–Trinajstić information content (AvgIpc) is 3.40. The molecule has 0 aliphatic carbocycles. The van der Waals surface area contributed by atoms with Gasteiger partial charge < -0.3 is 19.2 Å². The normalized spacial score (nSPS) is 14.6. The maximum absolute atomic E-state index is 12.8. The number of thioether (sulfide) groups is 1. The van der Waals surface area contributed by atoms with Crippen LogP contribution < -0.4 is 14.8 Å². The Morgan fingerprint density at radius 2 is 1.85 bits per heavy atom. The van der Waals surface area contributed by atoms with Crippen molar-refractivity contribution < 1.29 is 28.3 Å². The number of halogens is 1. The van der Waals surface area contributed by atoms with Crippen molar-refractivity contribution in [1.82, 2.24) is 4.90 Å². The van der Waals surface area contributed by atoms with Crippen LogP contribution in [0.4, 0.5) is 10.5 Å². The van der Waals surface area contributed by atoms with E-state index in [0.29, 0.717) is 39.3 Å². The van der Waals surface area contributed by atoms with E-state index in [0.717, 1.165) is 16.7 Å². The fourth-order valence-electron chi connectivity index (χ4n) is 3.23. The summed E-state index contributed by atoms with van der Waals surface area (Å²) in [4.78, 5) is 38.5. The van der Waals surface area contributed by atoms with E-state index >= 15 is 0 Å². The van der Waals surface area contributed by atoms with E-state index in [2.05, 4.69) is 5.32 Å². The molecule has 0 unspecified atom stereocenters. The van der Waals surface area contributed by atoms with Gasteiger partial charge in [0.1, 0.15) is 29.6 Å². The molecule has 0 spiro atoms. The second kappa shape index (κ2) is 10.1. The predicted octanol–water partition coefficient (Wildman–Crippen LogP) is 5.29. The maximum atomic E-state index is 12.8. The van der Waals surface area contributed by atoms with Gasteiger partial charge in [0.2, 0.25) is 5.91 Å². The zero-order valence-corrected chi connectivity index (χ0v) is 19.7. The molecular formula is C24H19ClN2O6S. The molecule has 3 amide bonds. The Hall–Kier alpha value is -3.69. The molecule has 10 heteroatoms. The number of carbonyl (C=O) groups is 3. The molecule has 2 heterocycles. The van der Waals surface area contributed by atoms with Crippen LogP contribution >= 0.6 is 23.4 Å². The number of hydrogen-bond donors (Lipinski definition) is 1. The van der Waals surface area contributed by atoms with Crippen LogP contribution in [0.2, 0.25) is 5.02 Å². The number of nitrogens with zero attached hydrogens (tertiary/aromatic N) is 1. The van der Waals surface area contributed by atoms with Gasteiger partial charge in [0.15, 0.2) is 0 Å². The number of hydrogen-bond acceptors (Lipinski definition) is 7. The van der Waals surface area contributed by atoms with Gasteiger partial charge >= 0.3 is 0 Å². The summed E-state index contributed by atoms with van der Waals surface area (Å²) >= 11 is 6.83. The second-order valence-corrected chi connectivity index (χ2v) is 8.52. The lowest BCUT2D eigenvalue weighted by molar-refractivity contribution is -0.127. The third-order valence-electron chi connectivity index (χ3n) is 4.88. The Morgan fingerprint density at radius 1 is 1.09 bits per heavy atom. The first-order valence-corrected chi connectivity index (χ1v) is 11.2. The zero-order valence-electron chi connectivity index (χ0n) is 18.2. The molecule has 1 aliphatic rings. The first kappa shape index (κ1) is 23.5. The minimum absolute atomic E-state index is 0.154. The molecule has 8 nitrogen and oxygen atoms in total. The topological polar surface area (TPSA) is 98.1 Å². The Kier molecular flexibility index (Phi) is 6.95. The van der Waals surface area contributed by atoms with Crippen LogP contribution in [0, 0.1) is 0 Å². The van der Waals surface area contributed by atoms with Crippen LogP contribution in [0.1, 0.15) is 5.76 Å². The van der Waals surface area contributed by atoms with E-state index in [1.165, 1.54) is 13.2 Å². The molecule has 174 valence electrons. The minimum Gasteiger partial charge on any atom is -0.497 e. The Morgan fingerprint density at radius 3 is 2.56 bits per heavy atom. The lowest BCUT2D eigenvalue weighted by Crippen LogP contribution is -2.36. The van der Waals surface area contributed by atoms with Crippen molar-refractivity contribution in [3.63, 3.8) is 0 Å². The fraction of sp³-hybridized carbons (Fsp3) is 0.125. The van der Waals surface area contributed by atoms with Gasteiger partial charge in [-0.25, -0.2) is 0 Å². The highest BCUT2D eigenvalue weighted by molar-refractivity contribution is 8.18. The number of nitrogens with one attached hydrogen (secondary N) is 1. The molecule has 1 N–H and O–H groups in total. The fourth-order valence-corrected chi connectivity index (χ4v) is 4.22. The van der Waals surface area contributed by atoms with E-state index in [-0.39, 0.29) is 4.91 Å². The summed E-state index contributed by atoms with van der Waals surface area (Å²) in [6.45, 7) is -0.406. The molecule has 0 atom stereocenters. The zero-order chi connectivity index (χ0) is 24.2. The molecule has 0 bridgehead atoms. The number of ether oxygens (including phenoxy) is 2. The van der Waals surface area contributed by atoms with Crippen molar-refractivity contribution in [2.24, 2.45) is 0 Å². The van der Waals surface area contributed by atoms with Crippen LogP contribution in [0.5, 0.6) is 11.5 Å². The Balaban J connectivity index is 1.46. The lowest BCUT2D eigenvalue weighted by atomic mass is 10.1. The highest BCUT2D eigenvalue weighted by Crippen LogP contribution is 2.36. The molecule has 4 rings (SSSR count). The predicted molar refractivity (Wildman–Crippen MR) is 130 cm³/mol. The summed E-state index contributed by atoms with van der Waals surface area (Å²) < 4.78 is 16.2. The number of benzene rings is 2. The molecule has 1 aromatic heterocycles. The number of rotatable bonds is 7. The van der Waals surface area contributed by atoms with Crippen LogP contribution in [-0.4, -0.2) is 42.7 Å². The average molecular weight is 499 g/mol. The molecule has 1 aliphatic heterocycles. The van der Waals surface area contributed by atoms with E-state index < -0.39 is 23.6 Å². The second-order valence-electron chi connectivity index (χ2n) is 7.09. The molecule has 34 heavy (non-hydrogen) atoms. The van der Waals surface area contributed by atoms with E-state index in [4.69, 9.17) is 25.5 Å². The van der Waals surface area contributed by atoms with Gasteiger partial charge in [-0.15, -0.1) is 0 Å². The third-order valence-corrected chi connectivity index (χ3v) is 6.02. The van der Waals surface area contributed by atoms with Crippen LogP contribution in [-0.2, 0) is 9.59 Å². The van der Waals surface area contributed by atoms with Crippen LogP contribution in [0.3, 0.4) is 0 Å².